The third kappa shape index (κ3) is 3.92. The summed E-state index contributed by atoms with van der Waals surface area (Å²) in [6.07, 6.45) is 6.18. The molecule has 0 bridgehead atoms. The third-order valence-corrected chi connectivity index (χ3v) is 6.96. The van der Waals surface area contributed by atoms with Crippen LogP contribution in [0.5, 0.6) is 0 Å². The highest BCUT2D eigenvalue weighted by Crippen LogP contribution is 2.32. The number of aromatic nitrogens is 2. The zero-order valence-corrected chi connectivity index (χ0v) is 18.4. The van der Waals surface area contributed by atoms with Crippen LogP contribution in [-0.4, -0.2) is 71.1 Å². The number of anilines is 1. The number of amides is 1. The summed E-state index contributed by atoms with van der Waals surface area (Å²) >= 11 is 0. The molecular formula is C25H31N5O. The Labute approximate surface area is 184 Å². The molecule has 6 nitrogen and oxygen atoms in total. The van der Waals surface area contributed by atoms with Gasteiger partial charge in [-0.05, 0) is 56.0 Å². The van der Waals surface area contributed by atoms with Crippen LogP contribution in [0.1, 0.15) is 31.7 Å². The standard InChI is InChI=1S/C25H31N5O/c1-19(2)29-10-8-22(16-29)20-3-5-21(6-4-20)23-15-25-24(7-9-26-30(25)17-23)28-13-11-27(18-31)12-14-28/h3-7,9,15,17-19,22H,8,10-14,16H2,1-2H3/t22-/m1/s1. The van der Waals surface area contributed by atoms with Crippen LogP contribution in [0.3, 0.4) is 0 Å². The van der Waals surface area contributed by atoms with Crippen molar-refractivity contribution in [2.75, 3.05) is 44.2 Å². The first-order valence-electron chi connectivity index (χ1n) is 11.4. The van der Waals surface area contributed by atoms with Gasteiger partial charge < -0.3 is 14.7 Å². The number of hydrogen-bond acceptors (Lipinski definition) is 4. The normalized spacial score (nSPS) is 20.2. The Morgan fingerprint density at radius 2 is 1.77 bits per heavy atom. The fourth-order valence-electron chi connectivity index (χ4n) is 4.97. The summed E-state index contributed by atoms with van der Waals surface area (Å²) in [5.74, 6) is 0.642. The number of fused-ring (bicyclic) bond motifs is 1. The van der Waals surface area contributed by atoms with Crippen LogP contribution >= 0.6 is 0 Å². The predicted octanol–water partition coefficient (Wildman–Crippen LogP) is 3.48. The summed E-state index contributed by atoms with van der Waals surface area (Å²) in [7, 11) is 0. The largest absolute Gasteiger partial charge is 0.366 e. The van der Waals surface area contributed by atoms with Crippen molar-refractivity contribution in [3.8, 4) is 11.1 Å². The van der Waals surface area contributed by atoms with Crippen LogP contribution in [0.25, 0.3) is 16.6 Å². The first-order chi connectivity index (χ1) is 15.1. The fraction of sp³-hybridized carbons (Fsp3) is 0.440. The summed E-state index contributed by atoms with van der Waals surface area (Å²) in [6, 6.07) is 14.1. The average Bonchev–Trinajstić information content (AvgIpc) is 3.47. The van der Waals surface area contributed by atoms with Crippen LogP contribution in [-0.2, 0) is 4.79 Å². The molecular weight excluding hydrogens is 386 g/mol. The van der Waals surface area contributed by atoms with Gasteiger partial charge in [-0.1, -0.05) is 24.3 Å². The van der Waals surface area contributed by atoms with E-state index in [-0.39, 0.29) is 0 Å². The summed E-state index contributed by atoms with van der Waals surface area (Å²) in [5.41, 5.74) is 6.16. The van der Waals surface area contributed by atoms with Crippen LogP contribution < -0.4 is 4.90 Å². The summed E-state index contributed by atoms with van der Waals surface area (Å²) in [6.45, 7) is 10.2. The molecule has 4 heterocycles. The summed E-state index contributed by atoms with van der Waals surface area (Å²) < 4.78 is 1.97. The van der Waals surface area contributed by atoms with Crippen LogP contribution in [0.2, 0.25) is 0 Å². The van der Waals surface area contributed by atoms with E-state index in [1.165, 1.54) is 35.3 Å². The second-order valence-corrected chi connectivity index (χ2v) is 9.10. The molecule has 0 spiro atoms. The van der Waals surface area contributed by atoms with Gasteiger partial charge in [-0.3, -0.25) is 4.79 Å². The molecule has 1 atom stereocenters. The van der Waals surface area contributed by atoms with E-state index < -0.39 is 0 Å². The maximum absolute atomic E-state index is 11.0. The predicted molar refractivity (Wildman–Crippen MR) is 125 cm³/mol. The lowest BCUT2D eigenvalue weighted by Gasteiger charge is -2.34. The third-order valence-electron chi connectivity index (χ3n) is 6.96. The van der Waals surface area contributed by atoms with Crippen LogP contribution in [0.4, 0.5) is 5.69 Å². The molecule has 1 aromatic carbocycles. The van der Waals surface area contributed by atoms with Crippen molar-refractivity contribution < 1.29 is 4.79 Å². The second-order valence-electron chi connectivity index (χ2n) is 9.10. The van der Waals surface area contributed by atoms with Gasteiger partial charge in [0.1, 0.15) is 0 Å². The van der Waals surface area contributed by atoms with Crippen molar-refractivity contribution in [3.05, 3.63) is 54.4 Å². The molecule has 2 aliphatic heterocycles. The Balaban J connectivity index is 1.37. The smallest absolute Gasteiger partial charge is 0.209 e. The minimum absolute atomic E-state index is 0.626. The van der Waals surface area contributed by atoms with Gasteiger partial charge in [0.25, 0.3) is 0 Å². The van der Waals surface area contributed by atoms with E-state index in [4.69, 9.17) is 0 Å². The number of hydrogen-bond donors (Lipinski definition) is 0. The molecule has 0 saturated carbocycles. The minimum atomic E-state index is 0.626. The SMILES string of the molecule is CC(C)N1CC[C@@H](c2ccc(-c3cc4c(N5CCN(C=O)CC5)ccnn4c3)cc2)C1. The maximum atomic E-state index is 11.0. The number of carbonyl (C=O) groups is 1. The minimum Gasteiger partial charge on any atom is -0.366 e. The average molecular weight is 418 g/mol. The van der Waals surface area contributed by atoms with E-state index in [0.29, 0.717) is 12.0 Å². The highest BCUT2D eigenvalue weighted by atomic mass is 16.1. The first kappa shape index (κ1) is 20.1. The molecule has 2 aliphatic rings. The quantitative estimate of drug-likeness (QED) is 0.596. The molecule has 5 rings (SSSR count). The molecule has 0 unspecified atom stereocenters. The topological polar surface area (TPSA) is 44.1 Å². The highest BCUT2D eigenvalue weighted by molar-refractivity contribution is 5.80. The van der Waals surface area contributed by atoms with E-state index in [2.05, 4.69) is 71.3 Å². The van der Waals surface area contributed by atoms with Crippen molar-refractivity contribution >= 4 is 17.6 Å². The zero-order chi connectivity index (χ0) is 21.4. The molecule has 162 valence electrons. The molecule has 6 heteroatoms. The van der Waals surface area contributed by atoms with Gasteiger partial charge in [-0.25, -0.2) is 4.52 Å². The van der Waals surface area contributed by atoms with Gasteiger partial charge in [0.2, 0.25) is 6.41 Å². The molecule has 0 radical (unpaired) electrons. The summed E-state index contributed by atoms with van der Waals surface area (Å²) in [5, 5.41) is 4.54. The molecule has 31 heavy (non-hydrogen) atoms. The van der Waals surface area contributed by atoms with E-state index in [9.17, 15) is 4.79 Å². The van der Waals surface area contributed by atoms with Gasteiger partial charge in [0, 0.05) is 56.7 Å². The van der Waals surface area contributed by atoms with E-state index >= 15 is 0 Å². The zero-order valence-electron chi connectivity index (χ0n) is 18.4. The Morgan fingerprint density at radius 1 is 1.00 bits per heavy atom. The maximum Gasteiger partial charge on any atom is 0.209 e. The number of nitrogens with zero attached hydrogens (tertiary/aromatic N) is 5. The molecule has 2 fully saturated rings. The van der Waals surface area contributed by atoms with Gasteiger partial charge in [0.05, 0.1) is 11.2 Å². The first-order valence-corrected chi connectivity index (χ1v) is 11.4. The van der Waals surface area contributed by atoms with Gasteiger partial charge in [0.15, 0.2) is 0 Å². The highest BCUT2D eigenvalue weighted by Gasteiger charge is 2.25. The van der Waals surface area contributed by atoms with E-state index in [1.807, 2.05) is 15.6 Å². The van der Waals surface area contributed by atoms with Crippen LogP contribution in [0, 0.1) is 0 Å². The van der Waals surface area contributed by atoms with Crippen molar-refractivity contribution in [2.45, 2.75) is 32.2 Å². The van der Waals surface area contributed by atoms with E-state index in [0.717, 1.165) is 44.7 Å². The van der Waals surface area contributed by atoms with E-state index in [1.54, 1.807) is 0 Å². The van der Waals surface area contributed by atoms with Gasteiger partial charge in [-0.15, -0.1) is 0 Å². The Morgan fingerprint density at radius 3 is 2.45 bits per heavy atom. The fourth-order valence-corrected chi connectivity index (χ4v) is 4.97. The Kier molecular flexibility index (Phi) is 5.40. The summed E-state index contributed by atoms with van der Waals surface area (Å²) in [4.78, 5) is 17.8. The van der Waals surface area contributed by atoms with Crippen LogP contribution in [0.15, 0.2) is 48.8 Å². The number of likely N-dealkylation sites (tertiary alicyclic amines) is 1. The molecule has 2 aromatic heterocycles. The molecule has 3 aromatic rings. The number of piperazine rings is 1. The van der Waals surface area contributed by atoms with Gasteiger partial charge >= 0.3 is 0 Å². The lowest BCUT2D eigenvalue weighted by molar-refractivity contribution is -0.118. The monoisotopic (exact) mass is 417 g/mol. The lowest BCUT2D eigenvalue weighted by Crippen LogP contribution is -2.45. The number of rotatable bonds is 5. The number of benzene rings is 1. The number of carbonyl (C=O) groups excluding carboxylic acids is 1. The Hall–Kier alpha value is -2.86. The molecule has 1 amide bonds. The molecule has 0 N–H and O–H groups in total. The van der Waals surface area contributed by atoms with Gasteiger partial charge in [-0.2, -0.15) is 5.10 Å². The van der Waals surface area contributed by atoms with Crippen molar-refractivity contribution in [2.24, 2.45) is 0 Å². The second kappa shape index (κ2) is 8.35. The van der Waals surface area contributed by atoms with Crippen molar-refractivity contribution in [3.63, 3.8) is 0 Å². The lowest BCUT2D eigenvalue weighted by atomic mass is 9.96. The van der Waals surface area contributed by atoms with Crippen molar-refractivity contribution in [1.82, 2.24) is 19.4 Å². The molecule has 2 saturated heterocycles. The van der Waals surface area contributed by atoms with Crippen molar-refractivity contribution in [1.29, 1.82) is 0 Å². The molecule has 0 aliphatic carbocycles. The Bertz CT molecular complexity index is 1050.